The van der Waals surface area contributed by atoms with Gasteiger partial charge in [0, 0.05) is 12.4 Å². The molecule has 0 atom stereocenters. The lowest BCUT2D eigenvalue weighted by Gasteiger charge is -2.18. The minimum absolute atomic E-state index is 0.166. The molecule has 0 aliphatic heterocycles. The molecule has 0 spiro atoms. The Kier molecular flexibility index (Phi) is 6.80. The Hall–Kier alpha value is -1.28. The molecular weight excluding hydrogens is 294 g/mol. The molecule has 108 valence electrons. The topological polar surface area (TPSA) is 37.4 Å². The van der Waals surface area contributed by atoms with Crippen LogP contribution in [0.15, 0.2) is 41.3 Å². The van der Waals surface area contributed by atoms with Gasteiger partial charge in [-0.2, -0.15) is 4.31 Å². The van der Waals surface area contributed by atoms with Gasteiger partial charge >= 0.3 is 0 Å². The first kappa shape index (κ1) is 16.8. The molecular formula is C15H18ClNO2S. The molecule has 0 aromatic heterocycles. The average molecular weight is 312 g/mol. The van der Waals surface area contributed by atoms with E-state index in [4.69, 9.17) is 11.6 Å². The van der Waals surface area contributed by atoms with Crippen LogP contribution in [0.2, 0.25) is 0 Å². The smallest absolute Gasteiger partial charge is 0.207 e. The van der Waals surface area contributed by atoms with Gasteiger partial charge in [-0.25, -0.2) is 8.42 Å². The van der Waals surface area contributed by atoms with Crippen molar-refractivity contribution in [2.24, 2.45) is 0 Å². The van der Waals surface area contributed by atoms with E-state index in [0.717, 1.165) is 5.56 Å². The van der Waals surface area contributed by atoms with Crippen molar-refractivity contribution >= 4 is 21.6 Å². The van der Waals surface area contributed by atoms with E-state index in [1.807, 2.05) is 6.92 Å². The summed E-state index contributed by atoms with van der Waals surface area (Å²) in [5.74, 6) is 5.87. The molecule has 0 saturated carbocycles. The van der Waals surface area contributed by atoms with Crippen molar-refractivity contribution in [1.82, 2.24) is 4.31 Å². The summed E-state index contributed by atoms with van der Waals surface area (Å²) in [4.78, 5) is 0.278. The van der Waals surface area contributed by atoms with Gasteiger partial charge in [0.2, 0.25) is 10.0 Å². The number of allylic oxidation sites excluding steroid dienone is 1. The van der Waals surface area contributed by atoms with Gasteiger partial charge in [0.15, 0.2) is 0 Å². The van der Waals surface area contributed by atoms with Crippen LogP contribution >= 0.6 is 11.6 Å². The standard InChI is InChI=1S/C15H18ClNO2S/c1-3-4-12-17(13-6-5-11-16)20(18,19)15-9-7-14(2)8-10-15/h5-10H,11-13H2,1-2H3/b6-5-. The normalized spacial score (nSPS) is 11.6. The first-order valence-electron chi connectivity index (χ1n) is 6.19. The van der Waals surface area contributed by atoms with Crippen LogP contribution in [-0.4, -0.2) is 31.7 Å². The SMILES string of the molecule is CC#CCN(C/C=C\CCl)S(=O)(=O)c1ccc(C)cc1. The van der Waals surface area contributed by atoms with Gasteiger partial charge in [-0.15, -0.1) is 17.5 Å². The van der Waals surface area contributed by atoms with Gasteiger partial charge < -0.3 is 0 Å². The molecule has 0 unspecified atom stereocenters. The van der Waals surface area contributed by atoms with Crippen molar-refractivity contribution in [3.63, 3.8) is 0 Å². The Morgan fingerprint density at radius 1 is 1.25 bits per heavy atom. The lowest BCUT2D eigenvalue weighted by atomic mass is 10.2. The van der Waals surface area contributed by atoms with Gasteiger partial charge in [-0.05, 0) is 26.0 Å². The average Bonchev–Trinajstić information content (AvgIpc) is 2.43. The summed E-state index contributed by atoms with van der Waals surface area (Å²) in [5.41, 5.74) is 1.02. The zero-order valence-electron chi connectivity index (χ0n) is 11.6. The van der Waals surface area contributed by atoms with Gasteiger partial charge in [-0.3, -0.25) is 0 Å². The minimum atomic E-state index is -3.53. The van der Waals surface area contributed by atoms with E-state index in [-0.39, 0.29) is 18.0 Å². The lowest BCUT2D eigenvalue weighted by molar-refractivity contribution is 0.478. The zero-order chi connectivity index (χ0) is 15.0. The van der Waals surface area contributed by atoms with Crippen LogP contribution in [0.5, 0.6) is 0 Å². The molecule has 0 aliphatic rings. The number of rotatable bonds is 6. The highest BCUT2D eigenvalue weighted by Crippen LogP contribution is 2.16. The quantitative estimate of drug-likeness (QED) is 0.460. The van der Waals surface area contributed by atoms with E-state index in [9.17, 15) is 8.42 Å². The van der Waals surface area contributed by atoms with Crippen LogP contribution in [0.3, 0.4) is 0 Å². The van der Waals surface area contributed by atoms with Gasteiger partial charge in [0.1, 0.15) is 0 Å². The molecule has 5 heteroatoms. The third-order valence-corrected chi connectivity index (χ3v) is 4.66. The Bertz CT molecular complexity index is 610. The Labute approximate surface area is 126 Å². The predicted molar refractivity (Wildman–Crippen MR) is 83.2 cm³/mol. The van der Waals surface area contributed by atoms with Gasteiger partial charge in [-0.1, -0.05) is 35.8 Å². The lowest BCUT2D eigenvalue weighted by Crippen LogP contribution is -2.31. The maximum Gasteiger partial charge on any atom is 0.244 e. The summed E-state index contributed by atoms with van der Waals surface area (Å²) >= 11 is 5.56. The summed E-state index contributed by atoms with van der Waals surface area (Å²) in [6.07, 6.45) is 3.45. The van der Waals surface area contributed by atoms with Crippen LogP contribution in [0.1, 0.15) is 12.5 Å². The van der Waals surface area contributed by atoms with Crippen molar-refractivity contribution in [3.05, 3.63) is 42.0 Å². The number of aryl methyl sites for hydroxylation is 1. The second-order valence-electron chi connectivity index (χ2n) is 4.16. The summed E-state index contributed by atoms with van der Waals surface area (Å²) in [6, 6.07) is 6.79. The number of benzene rings is 1. The van der Waals surface area contributed by atoms with E-state index in [1.165, 1.54) is 4.31 Å². The summed E-state index contributed by atoms with van der Waals surface area (Å²) in [7, 11) is -3.53. The maximum atomic E-state index is 12.5. The fourth-order valence-corrected chi connectivity index (χ4v) is 2.95. The molecule has 0 radical (unpaired) electrons. The molecule has 20 heavy (non-hydrogen) atoms. The van der Waals surface area contributed by atoms with E-state index in [1.54, 1.807) is 43.3 Å². The number of hydrogen-bond acceptors (Lipinski definition) is 2. The Morgan fingerprint density at radius 2 is 1.90 bits per heavy atom. The molecule has 0 amide bonds. The predicted octanol–water partition coefficient (Wildman–Crippen LogP) is 2.80. The Balaban J connectivity index is 3.05. The summed E-state index contributed by atoms with van der Waals surface area (Å²) < 4.78 is 26.4. The van der Waals surface area contributed by atoms with Crippen LogP contribution in [0.4, 0.5) is 0 Å². The van der Waals surface area contributed by atoms with E-state index in [2.05, 4.69) is 11.8 Å². The van der Waals surface area contributed by atoms with Crippen molar-refractivity contribution in [1.29, 1.82) is 0 Å². The van der Waals surface area contributed by atoms with Crippen LogP contribution in [0, 0.1) is 18.8 Å². The molecule has 0 heterocycles. The number of alkyl halides is 1. The molecule has 0 N–H and O–H groups in total. The van der Waals surface area contributed by atoms with Gasteiger partial charge in [0.25, 0.3) is 0 Å². The van der Waals surface area contributed by atoms with Crippen molar-refractivity contribution in [3.8, 4) is 11.8 Å². The molecule has 1 aromatic rings. The minimum Gasteiger partial charge on any atom is -0.207 e. The van der Waals surface area contributed by atoms with Crippen LogP contribution in [-0.2, 0) is 10.0 Å². The number of hydrogen-bond donors (Lipinski definition) is 0. The van der Waals surface area contributed by atoms with Crippen LogP contribution < -0.4 is 0 Å². The first-order valence-corrected chi connectivity index (χ1v) is 8.17. The van der Waals surface area contributed by atoms with Crippen molar-refractivity contribution < 1.29 is 8.42 Å². The molecule has 0 aliphatic carbocycles. The largest absolute Gasteiger partial charge is 0.244 e. The molecule has 1 aromatic carbocycles. The number of sulfonamides is 1. The van der Waals surface area contributed by atoms with E-state index >= 15 is 0 Å². The highest BCUT2D eigenvalue weighted by molar-refractivity contribution is 7.89. The summed E-state index contributed by atoms with van der Waals surface area (Å²) in [5, 5.41) is 0. The molecule has 3 nitrogen and oxygen atoms in total. The second kappa shape index (κ2) is 8.11. The fourth-order valence-electron chi connectivity index (χ4n) is 1.53. The van der Waals surface area contributed by atoms with E-state index < -0.39 is 10.0 Å². The summed E-state index contributed by atoms with van der Waals surface area (Å²) in [6.45, 7) is 4.03. The molecule has 1 rings (SSSR count). The number of halogens is 1. The highest BCUT2D eigenvalue weighted by atomic mass is 35.5. The first-order chi connectivity index (χ1) is 9.52. The molecule has 0 saturated heterocycles. The van der Waals surface area contributed by atoms with E-state index in [0.29, 0.717) is 5.88 Å². The highest BCUT2D eigenvalue weighted by Gasteiger charge is 2.22. The monoisotopic (exact) mass is 311 g/mol. The maximum absolute atomic E-state index is 12.5. The van der Waals surface area contributed by atoms with Gasteiger partial charge in [0.05, 0.1) is 11.4 Å². The Morgan fingerprint density at radius 3 is 2.45 bits per heavy atom. The van der Waals surface area contributed by atoms with Crippen molar-refractivity contribution in [2.45, 2.75) is 18.7 Å². The molecule has 0 fully saturated rings. The third-order valence-electron chi connectivity index (χ3n) is 2.66. The number of nitrogens with zero attached hydrogens (tertiary/aromatic N) is 1. The van der Waals surface area contributed by atoms with Crippen LogP contribution in [0.25, 0.3) is 0 Å². The van der Waals surface area contributed by atoms with Crippen molar-refractivity contribution in [2.75, 3.05) is 19.0 Å². The third kappa shape index (κ3) is 4.68. The second-order valence-corrected chi connectivity index (χ2v) is 6.41. The zero-order valence-corrected chi connectivity index (χ0v) is 13.2. The fraction of sp³-hybridized carbons (Fsp3) is 0.333. The molecule has 0 bridgehead atoms.